The van der Waals surface area contributed by atoms with Crippen LogP contribution in [0.5, 0.6) is 0 Å². The van der Waals surface area contributed by atoms with E-state index in [1.165, 1.54) is 6.42 Å². The van der Waals surface area contributed by atoms with Crippen molar-refractivity contribution in [1.82, 2.24) is 0 Å². The van der Waals surface area contributed by atoms with Gasteiger partial charge in [-0.3, -0.25) is 4.79 Å². The Morgan fingerprint density at radius 3 is 2.68 bits per heavy atom. The summed E-state index contributed by atoms with van der Waals surface area (Å²) in [7, 11) is 0. The van der Waals surface area contributed by atoms with E-state index in [1.807, 2.05) is 17.8 Å². The normalized spacial score (nSPS) is 11.6. The standard InChI is InChI=1S/C15H20N2OS/c1-3-12(2)11-19-9-8-15(18)17-14-6-4-13(10-16)5-7-14/h4-7,12H,3,8-9,11H2,1-2H3,(H,17,18). The van der Waals surface area contributed by atoms with Gasteiger partial charge in [0.05, 0.1) is 11.6 Å². The molecule has 1 aromatic rings. The number of amides is 1. The van der Waals surface area contributed by atoms with Crippen molar-refractivity contribution in [3.63, 3.8) is 0 Å². The Hall–Kier alpha value is -1.47. The second-order valence-corrected chi connectivity index (χ2v) is 5.73. The lowest BCUT2D eigenvalue weighted by molar-refractivity contribution is -0.115. The molecule has 0 saturated heterocycles. The van der Waals surface area contributed by atoms with Gasteiger partial charge in [0, 0.05) is 17.9 Å². The fourth-order valence-electron chi connectivity index (χ4n) is 1.42. The van der Waals surface area contributed by atoms with Crippen LogP contribution in [0.3, 0.4) is 0 Å². The fraction of sp³-hybridized carbons (Fsp3) is 0.467. The number of nitrogens with one attached hydrogen (secondary N) is 1. The van der Waals surface area contributed by atoms with Crippen LogP contribution in [-0.2, 0) is 4.79 Å². The molecule has 1 aromatic carbocycles. The number of nitrogens with zero attached hydrogens (tertiary/aromatic N) is 1. The van der Waals surface area contributed by atoms with E-state index < -0.39 is 0 Å². The van der Waals surface area contributed by atoms with Crippen LogP contribution in [0.15, 0.2) is 24.3 Å². The topological polar surface area (TPSA) is 52.9 Å². The zero-order valence-corrected chi connectivity index (χ0v) is 12.3. The van der Waals surface area contributed by atoms with Gasteiger partial charge in [0.25, 0.3) is 0 Å². The molecule has 102 valence electrons. The average Bonchev–Trinajstić information content (AvgIpc) is 2.44. The monoisotopic (exact) mass is 276 g/mol. The highest BCUT2D eigenvalue weighted by atomic mass is 32.2. The highest BCUT2D eigenvalue weighted by molar-refractivity contribution is 7.99. The van der Waals surface area contributed by atoms with E-state index in [-0.39, 0.29) is 5.91 Å². The van der Waals surface area contributed by atoms with Crippen LogP contribution in [0.25, 0.3) is 0 Å². The van der Waals surface area contributed by atoms with Gasteiger partial charge in [-0.05, 0) is 35.9 Å². The third kappa shape index (κ3) is 6.30. The largest absolute Gasteiger partial charge is 0.326 e. The molecule has 1 atom stereocenters. The van der Waals surface area contributed by atoms with Crippen molar-refractivity contribution in [2.75, 3.05) is 16.8 Å². The van der Waals surface area contributed by atoms with E-state index in [0.29, 0.717) is 17.9 Å². The highest BCUT2D eigenvalue weighted by Crippen LogP contribution is 2.13. The first-order valence-electron chi connectivity index (χ1n) is 6.53. The smallest absolute Gasteiger partial charge is 0.225 e. The summed E-state index contributed by atoms with van der Waals surface area (Å²) in [5.41, 5.74) is 1.35. The van der Waals surface area contributed by atoms with Crippen molar-refractivity contribution in [2.24, 2.45) is 5.92 Å². The van der Waals surface area contributed by atoms with E-state index >= 15 is 0 Å². The number of hydrogen-bond donors (Lipinski definition) is 1. The van der Waals surface area contributed by atoms with Crippen LogP contribution in [-0.4, -0.2) is 17.4 Å². The summed E-state index contributed by atoms with van der Waals surface area (Å²) in [6.07, 6.45) is 1.71. The maximum absolute atomic E-state index is 11.7. The molecule has 0 aliphatic rings. The van der Waals surface area contributed by atoms with Gasteiger partial charge in [-0.1, -0.05) is 20.3 Å². The van der Waals surface area contributed by atoms with Crippen LogP contribution >= 0.6 is 11.8 Å². The van der Waals surface area contributed by atoms with E-state index in [4.69, 9.17) is 5.26 Å². The Kier molecular flexibility index (Phi) is 7.06. The quantitative estimate of drug-likeness (QED) is 0.773. The molecule has 0 spiro atoms. The lowest BCUT2D eigenvalue weighted by atomic mass is 10.2. The molecule has 1 amide bonds. The number of hydrogen-bond acceptors (Lipinski definition) is 3. The molecule has 0 heterocycles. The van der Waals surface area contributed by atoms with Gasteiger partial charge in [0.1, 0.15) is 0 Å². The molecule has 0 radical (unpaired) electrons. The van der Waals surface area contributed by atoms with Crippen LogP contribution in [0.4, 0.5) is 5.69 Å². The zero-order chi connectivity index (χ0) is 14.1. The van der Waals surface area contributed by atoms with Crippen LogP contribution in [0.2, 0.25) is 0 Å². The lowest BCUT2D eigenvalue weighted by Crippen LogP contribution is -2.12. The molecule has 0 aliphatic heterocycles. The molecule has 3 nitrogen and oxygen atoms in total. The number of nitriles is 1. The van der Waals surface area contributed by atoms with E-state index in [2.05, 4.69) is 19.2 Å². The number of anilines is 1. The Labute approximate surface area is 119 Å². The molecule has 4 heteroatoms. The van der Waals surface area contributed by atoms with Crippen molar-refractivity contribution < 1.29 is 4.79 Å². The summed E-state index contributed by atoms with van der Waals surface area (Å²) in [6, 6.07) is 8.96. The van der Waals surface area contributed by atoms with Crippen LogP contribution in [0.1, 0.15) is 32.3 Å². The van der Waals surface area contributed by atoms with E-state index in [0.717, 1.165) is 17.2 Å². The van der Waals surface area contributed by atoms with Crippen molar-refractivity contribution in [3.05, 3.63) is 29.8 Å². The number of carbonyl (C=O) groups is 1. The van der Waals surface area contributed by atoms with Gasteiger partial charge in [0.2, 0.25) is 5.91 Å². The predicted octanol–water partition coefficient (Wildman–Crippen LogP) is 3.67. The molecule has 1 N–H and O–H groups in total. The molecule has 19 heavy (non-hydrogen) atoms. The first-order chi connectivity index (χ1) is 9.15. The first kappa shape index (κ1) is 15.6. The van der Waals surface area contributed by atoms with Crippen LogP contribution < -0.4 is 5.32 Å². The Morgan fingerprint density at radius 1 is 1.42 bits per heavy atom. The van der Waals surface area contributed by atoms with Crippen molar-refractivity contribution in [2.45, 2.75) is 26.7 Å². The van der Waals surface area contributed by atoms with Gasteiger partial charge in [-0.2, -0.15) is 17.0 Å². The minimum atomic E-state index is 0.0290. The van der Waals surface area contributed by atoms with E-state index in [1.54, 1.807) is 24.3 Å². The van der Waals surface area contributed by atoms with Crippen LogP contribution in [0, 0.1) is 17.2 Å². The summed E-state index contributed by atoms with van der Waals surface area (Å²) in [5, 5.41) is 11.5. The Bertz CT molecular complexity index is 436. The molecular formula is C15H20N2OS. The van der Waals surface area contributed by atoms with Gasteiger partial charge < -0.3 is 5.32 Å². The van der Waals surface area contributed by atoms with Crippen molar-refractivity contribution in [1.29, 1.82) is 5.26 Å². The number of carbonyl (C=O) groups excluding carboxylic acids is 1. The van der Waals surface area contributed by atoms with Gasteiger partial charge in [-0.25, -0.2) is 0 Å². The Morgan fingerprint density at radius 2 is 2.11 bits per heavy atom. The maximum Gasteiger partial charge on any atom is 0.225 e. The lowest BCUT2D eigenvalue weighted by Gasteiger charge is -2.08. The van der Waals surface area contributed by atoms with Crippen molar-refractivity contribution in [3.8, 4) is 6.07 Å². The third-order valence-electron chi connectivity index (χ3n) is 2.87. The van der Waals surface area contributed by atoms with Crippen molar-refractivity contribution >= 4 is 23.4 Å². The molecule has 1 rings (SSSR count). The summed E-state index contributed by atoms with van der Waals surface area (Å²) < 4.78 is 0. The van der Waals surface area contributed by atoms with E-state index in [9.17, 15) is 4.79 Å². The predicted molar refractivity (Wildman–Crippen MR) is 81.2 cm³/mol. The molecule has 0 aromatic heterocycles. The summed E-state index contributed by atoms with van der Waals surface area (Å²) >= 11 is 1.83. The number of rotatable bonds is 7. The SMILES string of the molecule is CCC(C)CSCCC(=O)Nc1ccc(C#N)cc1. The van der Waals surface area contributed by atoms with Gasteiger partial charge >= 0.3 is 0 Å². The summed E-state index contributed by atoms with van der Waals surface area (Å²) in [4.78, 5) is 11.7. The second-order valence-electron chi connectivity index (χ2n) is 4.58. The second kappa shape index (κ2) is 8.60. The molecular weight excluding hydrogens is 256 g/mol. The molecule has 0 aliphatic carbocycles. The van der Waals surface area contributed by atoms with Gasteiger partial charge in [-0.15, -0.1) is 0 Å². The minimum absolute atomic E-state index is 0.0290. The minimum Gasteiger partial charge on any atom is -0.326 e. The number of benzene rings is 1. The Balaban J connectivity index is 2.25. The zero-order valence-electron chi connectivity index (χ0n) is 11.5. The summed E-state index contributed by atoms with van der Waals surface area (Å²) in [6.45, 7) is 4.41. The molecule has 0 saturated carbocycles. The first-order valence-corrected chi connectivity index (χ1v) is 7.69. The highest BCUT2D eigenvalue weighted by Gasteiger charge is 2.04. The fourth-order valence-corrected chi connectivity index (χ4v) is 2.55. The summed E-state index contributed by atoms with van der Waals surface area (Å²) in [5.74, 6) is 2.71. The maximum atomic E-state index is 11.7. The average molecular weight is 276 g/mol. The molecule has 0 fully saturated rings. The third-order valence-corrected chi connectivity index (χ3v) is 4.17. The van der Waals surface area contributed by atoms with Gasteiger partial charge in [0.15, 0.2) is 0 Å². The molecule has 1 unspecified atom stereocenters. The number of thioether (sulfide) groups is 1. The molecule has 0 bridgehead atoms.